The molecule has 4 nitrogen and oxygen atoms in total. The summed E-state index contributed by atoms with van der Waals surface area (Å²) in [5, 5.41) is 3.99. The molecule has 0 saturated heterocycles. The van der Waals surface area contributed by atoms with Gasteiger partial charge in [-0.3, -0.25) is 4.79 Å². The van der Waals surface area contributed by atoms with E-state index in [1.165, 1.54) is 10.4 Å². The van der Waals surface area contributed by atoms with Crippen molar-refractivity contribution in [2.75, 3.05) is 13.7 Å². The molecule has 0 saturated carbocycles. The topological polar surface area (TPSA) is 51.2 Å². The van der Waals surface area contributed by atoms with E-state index in [2.05, 4.69) is 41.5 Å². The third-order valence-electron chi connectivity index (χ3n) is 4.18. The van der Waals surface area contributed by atoms with Gasteiger partial charge in [-0.15, -0.1) is 11.3 Å². The van der Waals surface area contributed by atoms with Crippen LogP contribution in [0.15, 0.2) is 48.5 Å². The first-order valence-corrected chi connectivity index (χ1v) is 9.34. The van der Waals surface area contributed by atoms with Crippen molar-refractivity contribution in [1.82, 2.24) is 10.3 Å². The summed E-state index contributed by atoms with van der Waals surface area (Å²) in [6.07, 6.45) is 0.760. The molecular weight excluding hydrogens is 344 g/mol. The standard InChI is InChI=1S/C21H22N2O2S/c1-14-8-10-16(11-9-14)21-23-15(2)19(26-21)12-13-22-20(24)17-6-4-5-7-18(17)25-3/h4-11H,12-13H2,1-3H3,(H,22,24). The minimum absolute atomic E-state index is 0.122. The Hall–Kier alpha value is -2.66. The van der Waals surface area contributed by atoms with Crippen LogP contribution in [0.3, 0.4) is 0 Å². The number of carbonyl (C=O) groups excluding carboxylic acids is 1. The second-order valence-corrected chi connectivity index (χ2v) is 7.18. The van der Waals surface area contributed by atoms with Crippen LogP contribution in [-0.4, -0.2) is 24.5 Å². The highest BCUT2D eigenvalue weighted by Crippen LogP contribution is 2.28. The fourth-order valence-corrected chi connectivity index (χ4v) is 3.76. The van der Waals surface area contributed by atoms with Gasteiger partial charge in [0.25, 0.3) is 5.91 Å². The molecule has 2 aromatic carbocycles. The number of nitrogens with zero attached hydrogens (tertiary/aromatic N) is 1. The maximum atomic E-state index is 12.4. The molecule has 0 unspecified atom stereocenters. The molecule has 1 heterocycles. The lowest BCUT2D eigenvalue weighted by Gasteiger charge is -2.08. The van der Waals surface area contributed by atoms with Crippen molar-refractivity contribution in [3.8, 4) is 16.3 Å². The molecule has 1 amide bonds. The van der Waals surface area contributed by atoms with Crippen LogP contribution in [0, 0.1) is 13.8 Å². The van der Waals surface area contributed by atoms with Crippen molar-refractivity contribution < 1.29 is 9.53 Å². The largest absolute Gasteiger partial charge is 0.496 e. The zero-order valence-corrected chi connectivity index (χ0v) is 16.0. The number of benzene rings is 2. The number of carbonyl (C=O) groups is 1. The number of ether oxygens (including phenoxy) is 1. The zero-order valence-electron chi connectivity index (χ0n) is 15.2. The number of amides is 1. The number of hydrogen-bond donors (Lipinski definition) is 1. The van der Waals surface area contributed by atoms with E-state index in [9.17, 15) is 4.79 Å². The van der Waals surface area contributed by atoms with Crippen LogP contribution in [0.4, 0.5) is 0 Å². The van der Waals surface area contributed by atoms with Crippen molar-refractivity contribution in [3.05, 3.63) is 70.2 Å². The molecular formula is C21H22N2O2S. The van der Waals surface area contributed by atoms with Gasteiger partial charge in [0.05, 0.1) is 18.4 Å². The van der Waals surface area contributed by atoms with Crippen LogP contribution in [0.1, 0.15) is 26.5 Å². The van der Waals surface area contributed by atoms with Crippen LogP contribution in [0.5, 0.6) is 5.75 Å². The smallest absolute Gasteiger partial charge is 0.255 e. The predicted molar refractivity (Wildman–Crippen MR) is 106 cm³/mol. The number of aromatic nitrogens is 1. The monoisotopic (exact) mass is 366 g/mol. The highest BCUT2D eigenvalue weighted by atomic mass is 32.1. The van der Waals surface area contributed by atoms with E-state index in [1.54, 1.807) is 30.6 Å². The van der Waals surface area contributed by atoms with Crippen molar-refractivity contribution in [2.24, 2.45) is 0 Å². The first-order chi connectivity index (χ1) is 12.6. The molecule has 0 bridgehead atoms. The highest BCUT2D eigenvalue weighted by molar-refractivity contribution is 7.15. The van der Waals surface area contributed by atoms with E-state index in [-0.39, 0.29) is 5.91 Å². The average Bonchev–Trinajstić information content (AvgIpc) is 3.03. The maximum Gasteiger partial charge on any atom is 0.255 e. The second-order valence-electron chi connectivity index (χ2n) is 6.10. The SMILES string of the molecule is COc1ccccc1C(=O)NCCc1sc(-c2ccc(C)cc2)nc1C. The molecule has 1 N–H and O–H groups in total. The third kappa shape index (κ3) is 4.11. The number of aryl methyl sites for hydroxylation is 2. The normalized spacial score (nSPS) is 10.6. The van der Waals surface area contributed by atoms with Crippen molar-refractivity contribution in [1.29, 1.82) is 0 Å². The van der Waals surface area contributed by atoms with E-state index in [0.29, 0.717) is 17.9 Å². The number of para-hydroxylation sites is 1. The van der Waals surface area contributed by atoms with Crippen LogP contribution in [0.25, 0.3) is 10.6 Å². The third-order valence-corrected chi connectivity index (χ3v) is 5.45. The van der Waals surface area contributed by atoms with Gasteiger partial charge >= 0.3 is 0 Å². The molecule has 134 valence electrons. The summed E-state index contributed by atoms with van der Waals surface area (Å²) in [6, 6.07) is 15.6. The fraction of sp³-hybridized carbons (Fsp3) is 0.238. The number of hydrogen-bond acceptors (Lipinski definition) is 4. The summed E-state index contributed by atoms with van der Waals surface area (Å²) in [4.78, 5) is 18.2. The molecule has 3 rings (SSSR count). The van der Waals surface area contributed by atoms with Crippen molar-refractivity contribution in [2.45, 2.75) is 20.3 Å². The number of rotatable bonds is 6. The first kappa shape index (κ1) is 18.1. The van der Waals surface area contributed by atoms with Crippen molar-refractivity contribution >= 4 is 17.2 Å². The molecule has 5 heteroatoms. The van der Waals surface area contributed by atoms with Gasteiger partial charge in [-0.05, 0) is 26.0 Å². The highest BCUT2D eigenvalue weighted by Gasteiger charge is 2.13. The fourth-order valence-electron chi connectivity index (χ4n) is 2.70. The molecule has 26 heavy (non-hydrogen) atoms. The molecule has 0 radical (unpaired) electrons. The number of methoxy groups -OCH3 is 1. The molecule has 0 aliphatic carbocycles. The molecule has 3 aromatic rings. The van der Waals surface area contributed by atoms with Gasteiger partial charge in [-0.2, -0.15) is 0 Å². The minimum Gasteiger partial charge on any atom is -0.496 e. The Morgan fingerprint density at radius 1 is 1.12 bits per heavy atom. The lowest BCUT2D eigenvalue weighted by Crippen LogP contribution is -2.26. The van der Waals surface area contributed by atoms with E-state index < -0.39 is 0 Å². The van der Waals surface area contributed by atoms with Crippen LogP contribution < -0.4 is 10.1 Å². The Bertz CT molecular complexity index is 901. The minimum atomic E-state index is -0.122. The van der Waals surface area contributed by atoms with E-state index in [1.807, 2.05) is 19.1 Å². The van der Waals surface area contributed by atoms with Crippen molar-refractivity contribution in [3.63, 3.8) is 0 Å². The molecule has 0 aliphatic heterocycles. The van der Waals surface area contributed by atoms with Gasteiger partial charge in [-0.25, -0.2) is 4.98 Å². The second kappa shape index (κ2) is 8.15. The first-order valence-electron chi connectivity index (χ1n) is 8.53. The summed E-state index contributed by atoms with van der Waals surface area (Å²) < 4.78 is 5.24. The number of nitrogens with one attached hydrogen (secondary N) is 1. The van der Waals surface area contributed by atoms with Crippen LogP contribution >= 0.6 is 11.3 Å². The lowest BCUT2D eigenvalue weighted by atomic mass is 10.2. The summed E-state index contributed by atoms with van der Waals surface area (Å²) in [7, 11) is 1.57. The molecule has 0 spiro atoms. The number of thiazole rings is 1. The average molecular weight is 366 g/mol. The quantitative estimate of drug-likeness (QED) is 0.703. The van der Waals surface area contributed by atoms with Gasteiger partial charge in [0.2, 0.25) is 0 Å². The summed E-state index contributed by atoms with van der Waals surface area (Å²) in [5.41, 5.74) is 3.95. The van der Waals surface area contributed by atoms with Gasteiger partial charge in [0.15, 0.2) is 0 Å². The lowest BCUT2D eigenvalue weighted by molar-refractivity contribution is 0.0951. The van der Waals surface area contributed by atoms with Gasteiger partial charge in [0, 0.05) is 23.4 Å². The van der Waals surface area contributed by atoms with Crippen LogP contribution in [-0.2, 0) is 6.42 Å². The Morgan fingerprint density at radius 2 is 1.85 bits per heavy atom. The molecule has 1 aromatic heterocycles. The van der Waals surface area contributed by atoms with E-state index in [4.69, 9.17) is 4.74 Å². The Morgan fingerprint density at radius 3 is 2.58 bits per heavy atom. The summed E-state index contributed by atoms with van der Waals surface area (Å²) in [6.45, 7) is 4.66. The van der Waals surface area contributed by atoms with E-state index >= 15 is 0 Å². The molecule has 0 atom stereocenters. The predicted octanol–water partition coefficient (Wildman–Crippen LogP) is 4.41. The Kier molecular flexibility index (Phi) is 5.68. The zero-order chi connectivity index (χ0) is 18.5. The van der Waals surface area contributed by atoms with E-state index in [0.717, 1.165) is 22.7 Å². The van der Waals surface area contributed by atoms with Gasteiger partial charge < -0.3 is 10.1 Å². The Labute approximate surface area is 157 Å². The summed E-state index contributed by atoms with van der Waals surface area (Å²) in [5.74, 6) is 0.462. The molecule has 0 aliphatic rings. The Balaban J connectivity index is 1.63. The van der Waals surface area contributed by atoms with Crippen LogP contribution in [0.2, 0.25) is 0 Å². The molecule has 0 fully saturated rings. The summed E-state index contributed by atoms with van der Waals surface area (Å²) >= 11 is 1.69. The maximum absolute atomic E-state index is 12.4. The van der Waals surface area contributed by atoms with Gasteiger partial charge in [-0.1, -0.05) is 42.0 Å². The van der Waals surface area contributed by atoms with Gasteiger partial charge in [0.1, 0.15) is 10.8 Å².